The van der Waals surface area contributed by atoms with Gasteiger partial charge in [0.25, 0.3) is 0 Å². The Morgan fingerprint density at radius 2 is 1.86 bits per heavy atom. The normalized spacial score (nSPS) is 11.8. The highest BCUT2D eigenvalue weighted by atomic mass is 16.6. The predicted octanol–water partition coefficient (Wildman–Crippen LogP) is 2.51. The number of alkyl carbamates (subject to hydrolysis) is 1. The van der Waals surface area contributed by atoms with Crippen LogP contribution < -0.4 is 16.0 Å². The molecule has 0 aliphatic carbocycles. The Bertz CT molecular complexity index is 780. The Kier molecular flexibility index (Phi) is 8.51. The second-order valence-electron chi connectivity index (χ2n) is 7.51. The Morgan fingerprint density at radius 1 is 1.14 bits per heavy atom. The van der Waals surface area contributed by atoms with Crippen molar-refractivity contribution in [3.05, 3.63) is 54.1 Å². The molecule has 0 bridgehead atoms. The zero-order valence-corrected chi connectivity index (χ0v) is 17.7. The van der Waals surface area contributed by atoms with Crippen LogP contribution in [0.15, 0.2) is 47.7 Å². The van der Waals surface area contributed by atoms with Crippen LogP contribution in [0.4, 0.5) is 4.79 Å². The zero-order valence-electron chi connectivity index (χ0n) is 17.7. The van der Waals surface area contributed by atoms with Gasteiger partial charge in [0.15, 0.2) is 5.96 Å². The Hall–Kier alpha value is -3.03. The van der Waals surface area contributed by atoms with Crippen LogP contribution in [0.3, 0.4) is 0 Å². The van der Waals surface area contributed by atoms with E-state index in [4.69, 9.17) is 4.74 Å². The van der Waals surface area contributed by atoms with Gasteiger partial charge in [-0.25, -0.2) is 14.8 Å². The highest BCUT2D eigenvalue weighted by Gasteiger charge is 2.15. The van der Waals surface area contributed by atoms with Crippen LogP contribution in [-0.4, -0.2) is 46.8 Å². The van der Waals surface area contributed by atoms with Crippen molar-refractivity contribution < 1.29 is 9.53 Å². The van der Waals surface area contributed by atoms with Crippen molar-refractivity contribution >= 4 is 12.1 Å². The lowest BCUT2D eigenvalue weighted by Crippen LogP contribution is -2.42. The molecule has 0 saturated carbocycles. The van der Waals surface area contributed by atoms with Crippen LogP contribution in [-0.2, 0) is 17.8 Å². The minimum absolute atomic E-state index is 0.427. The maximum Gasteiger partial charge on any atom is 0.407 e. The summed E-state index contributed by atoms with van der Waals surface area (Å²) in [7, 11) is 0. The van der Waals surface area contributed by atoms with E-state index in [1.807, 2.05) is 52.1 Å². The number of aliphatic imine (C=N–C) groups is 1. The van der Waals surface area contributed by atoms with E-state index < -0.39 is 11.7 Å². The van der Waals surface area contributed by atoms with Gasteiger partial charge >= 0.3 is 6.09 Å². The third-order valence-electron chi connectivity index (χ3n) is 3.81. The number of benzene rings is 1. The monoisotopic (exact) mass is 400 g/mol. The standard InChI is InChI=1S/C21H32N6O2/c1-5-22-19(24-11-12-25-20(28)29-21(2,3)4)26-15-18-23-13-14-27(18)16-17-9-7-6-8-10-17/h6-10,13-14H,5,11-12,15-16H2,1-4H3,(H,25,28)(H2,22,24,26). The van der Waals surface area contributed by atoms with Crippen molar-refractivity contribution in [1.29, 1.82) is 0 Å². The van der Waals surface area contributed by atoms with Crippen LogP contribution in [0.1, 0.15) is 39.1 Å². The molecular weight excluding hydrogens is 368 g/mol. The first-order valence-electron chi connectivity index (χ1n) is 9.90. The first kappa shape index (κ1) is 22.3. The fourth-order valence-corrected chi connectivity index (χ4v) is 2.57. The van der Waals surface area contributed by atoms with Crippen molar-refractivity contribution in [2.75, 3.05) is 19.6 Å². The third-order valence-corrected chi connectivity index (χ3v) is 3.81. The summed E-state index contributed by atoms with van der Waals surface area (Å²) in [6.07, 6.45) is 3.33. The molecule has 8 heteroatoms. The minimum atomic E-state index is -0.504. The smallest absolute Gasteiger partial charge is 0.407 e. The summed E-state index contributed by atoms with van der Waals surface area (Å²) in [6, 6.07) is 10.3. The van der Waals surface area contributed by atoms with Gasteiger partial charge in [-0.2, -0.15) is 0 Å². The lowest BCUT2D eigenvalue weighted by Gasteiger charge is -2.19. The summed E-state index contributed by atoms with van der Waals surface area (Å²) < 4.78 is 7.31. The molecule has 0 saturated heterocycles. The number of aromatic nitrogens is 2. The number of amides is 1. The first-order valence-corrected chi connectivity index (χ1v) is 9.90. The largest absolute Gasteiger partial charge is 0.444 e. The molecule has 8 nitrogen and oxygen atoms in total. The Labute approximate surface area is 172 Å². The van der Waals surface area contributed by atoms with Crippen LogP contribution in [0, 0.1) is 0 Å². The first-order chi connectivity index (χ1) is 13.9. The fraction of sp³-hybridized carbons (Fsp3) is 0.476. The summed E-state index contributed by atoms with van der Waals surface area (Å²) in [4.78, 5) is 20.7. The number of nitrogens with zero attached hydrogens (tertiary/aromatic N) is 3. The van der Waals surface area contributed by atoms with Crippen molar-refractivity contribution in [2.45, 2.75) is 46.4 Å². The summed E-state index contributed by atoms with van der Waals surface area (Å²) in [5.41, 5.74) is 0.712. The zero-order chi connectivity index (χ0) is 21.1. The van der Waals surface area contributed by atoms with E-state index >= 15 is 0 Å². The van der Waals surface area contributed by atoms with Crippen molar-refractivity contribution in [2.24, 2.45) is 4.99 Å². The number of ether oxygens (including phenoxy) is 1. The number of hydrogen-bond acceptors (Lipinski definition) is 4. The van der Waals surface area contributed by atoms with E-state index in [1.165, 1.54) is 5.56 Å². The highest BCUT2D eigenvalue weighted by Crippen LogP contribution is 2.07. The molecule has 0 aliphatic rings. The van der Waals surface area contributed by atoms with Gasteiger partial charge in [0.2, 0.25) is 0 Å². The second-order valence-corrected chi connectivity index (χ2v) is 7.51. The molecule has 0 unspecified atom stereocenters. The van der Waals surface area contributed by atoms with Gasteiger partial charge in [-0.1, -0.05) is 30.3 Å². The van der Waals surface area contributed by atoms with Crippen LogP contribution in [0.5, 0.6) is 0 Å². The van der Waals surface area contributed by atoms with Gasteiger partial charge in [-0.15, -0.1) is 0 Å². The predicted molar refractivity (Wildman–Crippen MR) is 115 cm³/mol. The lowest BCUT2D eigenvalue weighted by atomic mass is 10.2. The minimum Gasteiger partial charge on any atom is -0.444 e. The van der Waals surface area contributed by atoms with Gasteiger partial charge in [-0.05, 0) is 33.3 Å². The molecule has 0 spiro atoms. The molecule has 29 heavy (non-hydrogen) atoms. The molecular formula is C21H32N6O2. The number of nitrogens with one attached hydrogen (secondary N) is 3. The molecule has 3 N–H and O–H groups in total. The third kappa shape index (κ3) is 8.68. The van der Waals surface area contributed by atoms with Crippen molar-refractivity contribution in [1.82, 2.24) is 25.5 Å². The molecule has 2 aromatic rings. The summed E-state index contributed by atoms with van der Waals surface area (Å²) in [5, 5.41) is 9.12. The summed E-state index contributed by atoms with van der Waals surface area (Å²) in [5.74, 6) is 1.56. The van der Waals surface area contributed by atoms with E-state index in [9.17, 15) is 4.79 Å². The molecule has 2 rings (SSSR count). The van der Waals surface area contributed by atoms with E-state index in [2.05, 4.69) is 42.6 Å². The maximum absolute atomic E-state index is 11.7. The second kappa shape index (κ2) is 11.1. The number of imidazole rings is 1. The van der Waals surface area contributed by atoms with Gasteiger partial charge in [-0.3, -0.25) is 0 Å². The number of carbonyl (C=O) groups is 1. The molecule has 158 valence electrons. The van der Waals surface area contributed by atoms with Crippen LogP contribution >= 0.6 is 0 Å². The Balaban J connectivity index is 1.85. The van der Waals surface area contributed by atoms with Gasteiger partial charge in [0.1, 0.15) is 18.0 Å². The molecule has 0 radical (unpaired) electrons. The average Bonchev–Trinajstić information content (AvgIpc) is 3.09. The molecule has 1 aromatic heterocycles. The van der Waals surface area contributed by atoms with Gasteiger partial charge in [0, 0.05) is 38.6 Å². The maximum atomic E-state index is 11.7. The van der Waals surface area contributed by atoms with Crippen LogP contribution in [0.25, 0.3) is 0 Å². The van der Waals surface area contributed by atoms with E-state index in [0.29, 0.717) is 25.6 Å². The molecule has 0 atom stereocenters. The van der Waals surface area contributed by atoms with Gasteiger partial charge < -0.3 is 25.3 Å². The van der Waals surface area contributed by atoms with Gasteiger partial charge in [0.05, 0.1) is 0 Å². The van der Waals surface area contributed by atoms with Crippen LogP contribution in [0.2, 0.25) is 0 Å². The fourth-order valence-electron chi connectivity index (χ4n) is 2.57. The highest BCUT2D eigenvalue weighted by molar-refractivity contribution is 5.79. The molecule has 1 heterocycles. The molecule has 1 aromatic carbocycles. The van der Waals surface area contributed by atoms with Crippen molar-refractivity contribution in [3.63, 3.8) is 0 Å². The average molecular weight is 401 g/mol. The number of carbonyl (C=O) groups excluding carboxylic acids is 1. The quantitative estimate of drug-likeness (QED) is 0.360. The van der Waals surface area contributed by atoms with E-state index in [-0.39, 0.29) is 0 Å². The molecule has 1 amide bonds. The number of hydrogen-bond donors (Lipinski definition) is 3. The van der Waals surface area contributed by atoms with E-state index in [0.717, 1.165) is 18.9 Å². The lowest BCUT2D eigenvalue weighted by molar-refractivity contribution is 0.0529. The van der Waals surface area contributed by atoms with E-state index in [1.54, 1.807) is 6.20 Å². The number of guanidine groups is 1. The summed E-state index contributed by atoms with van der Waals surface area (Å²) in [6.45, 7) is 10.4. The summed E-state index contributed by atoms with van der Waals surface area (Å²) >= 11 is 0. The Morgan fingerprint density at radius 3 is 2.55 bits per heavy atom. The molecule has 0 fully saturated rings. The van der Waals surface area contributed by atoms with Crippen molar-refractivity contribution in [3.8, 4) is 0 Å². The molecule has 0 aliphatic heterocycles. The number of rotatable bonds is 8. The topological polar surface area (TPSA) is 92.6 Å². The SMILES string of the molecule is CCNC(=NCc1nccn1Cc1ccccc1)NCCNC(=O)OC(C)(C)C.